The molecule has 0 fully saturated rings. The summed E-state index contributed by atoms with van der Waals surface area (Å²) in [7, 11) is 3.15. The number of rotatable bonds is 7. The molecule has 0 aliphatic heterocycles. The average Bonchev–Trinajstić information content (AvgIpc) is 2.49. The normalized spacial score (nSPS) is 10.9. The van der Waals surface area contributed by atoms with E-state index >= 15 is 0 Å². The first kappa shape index (κ1) is 17.7. The Morgan fingerprint density at radius 3 is 2.59 bits per heavy atom. The quantitative estimate of drug-likeness (QED) is 0.704. The third-order valence-corrected chi connectivity index (χ3v) is 3.15. The maximum atomic E-state index is 12.4. The summed E-state index contributed by atoms with van der Waals surface area (Å²) in [6.07, 6.45) is 2.70. The van der Waals surface area contributed by atoms with Crippen molar-refractivity contribution in [2.45, 2.75) is 33.2 Å². The molecule has 0 aliphatic rings. The lowest BCUT2D eigenvalue weighted by Crippen LogP contribution is -2.42. The van der Waals surface area contributed by atoms with Crippen LogP contribution in [0.4, 0.5) is 11.5 Å². The molecule has 22 heavy (non-hydrogen) atoms. The number of anilines is 1. The van der Waals surface area contributed by atoms with Crippen LogP contribution < -0.4 is 21.9 Å². The fraction of sp³-hybridized carbons (Fsp3) is 0.571. The Labute approximate surface area is 128 Å². The Hall–Kier alpha value is -2.38. The molecule has 1 aromatic rings. The predicted octanol–water partition coefficient (Wildman–Crippen LogP) is 0.227. The van der Waals surface area contributed by atoms with E-state index in [-0.39, 0.29) is 30.5 Å². The van der Waals surface area contributed by atoms with E-state index in [1.807, 2.05) is 6.92 Å². The molecule has 0 atom stereocenters. The first-order valence-electron chi connectivity index (χ1n) is 7.24. The summed E-state index contributed by atoms with van der Waals surface area (Å²) in [4.78, 5) is 40.1. The molecule has 0 bridgehead atoms. The number of hydrogen-bond acceptors (Lipinski definition) is 5. The molecular formula is C14H23N5O3. The van der Waals surface area contributed by atoms with E-state index in [1.54, 1.807) is 21.0 Å². The van der Waals surface area contributed by atoms with Gasteiger partial charge in [-0.3, -0.25) is 18.7 Å². The minimum absolute atomic E-state index is 0.0894. The van der Waals surface area contributed by atoms with Gasteiger partial charge < -0.3 is 10.6 Å². The Morgan fingerprint density at radius 1 is 1.36 bits per heavy atom. The van der Waals surface area contributed by atoms with Crippen LogP contribution in [0.25, 0.3) is 0 Å². The van der Waals surface area contributed by atoms with Crippen LogP contribution in [0.1, 0.15) is 26.7 Å². The summed E-state index contributed by atoms with van der Waals surface area (Å²) in [5, 5.41) is 5.47. The molecule has 1 heterocycles. The minimum Gasteiger partial charge on any atom is -0.381 e. The molecule has 0 radical (unpaired) electrons. The molecule has 0 aliphatic carbocycles. The van der Waals surface area contributed by atoms with Crippen LogP contribution in [0.5, 0.6) is 0 Å². The van der Waals surface area contributed by atoms with Crippen molar-refractivity contribution in [3.05, 3.63) is 20.8 Å². The third-order valence-electron chi connectivity index (χ3n) is 3.15. The second-order valence-electron chi connectivity index (χ2n) is 4.73. The molecule has 1 amide bonds. The topological polar surface area (TPSA) is 97.5 Å². The van der Waals surface area contributed by atoms with Gasteiger partial charge in [0.1, 0.15) is 5.69 Å². The standard InChI is InChI=1S/C14H23N5O3/c1-5-7-10(20)17-8-9-19-13(21)11(15-3)12(16-6-2)18(4)14(19)22/h6,15H,5,7-9H2,1-4H3,(H,17,20). The Kier molecular flexibility index (Phi) is 6.55. The fourth-order valence-corrected chi connectivity index (χ4v) is 2.07. The van der Waals surface area contributed by atoms with Crippen molar-refractivity contribution in [1.29, 1.82) is 0 Å². The molecule has 0 unspecified atom stereocenters. The van der Waals surface area contributed by atoms with E-state index in [2.05, 4.69) is 15.6 Å². The molecule has 1 rings (SSSR count). The van der Waals surface area contributed by atoms with Crippen LogP contribution in [0, 0.1) is 0 Å². The van der Waals surface area contributed by atoms with Gasteiger partial charge in [-0.2, -0.15) is 0 Å². The molecule has 2 N–H and O–H groups in total. The van der Waals surface area contributed by atoms with Gasteiger partial charge in [0.05, 0.1) is 0 Å². The van der Waals surface area contributed by atoms with Gasteiger partial charge in [-0.25, -0.2) is 9.79 Å². The number of carbonyl (C=O) groups is 1. The van der Waals surface area contributed by atoms with Gasteiger partial charge in [0.25, 0.3) is 5.56 Å². The summed E-state index contributed by atoms with van der Waals surface area (Å²) < 4.78 is 2.40. The zero-order chi connectivity index (χ0) is 16.7. The van der Waals surface area contributed by atoms with Crippen LogP contribution in [-0.4, -0.2) is 34.8 Å². The van der Waals surface area contributed by atoms with Gasteiger partial charge >= 0.3 is 5.69 Å². The monoisotopic (exact) mass is 309 g/mol. The first-order chi connectivity index (χ1) is 10.5. The van der Waals surface area contributed by atoms with Crippen LogP contribution in [0.3, 0.4) is 0 Å². The molecule has 0 saturated heterocycles. The lowest BCUT2D eigenvalue weighted by atomic mass is 10.3. The summed E-state index contributed by atoms with van der Waals surface area (Å²) in [6, 6.07) is 0. The highest BCUT2D eigenvalue weighted by Gasteiger charge is 2.15. The van der Waals surface area contributed by atoms with E-state index in [0.717, 1.165) is 11.0 Å². The van der Waals surface area contributed by atoms with E-state index in [9.17, 15) is 14.4 Å². The highest BCUT2D eigenvalue weighted by molar-refractivity contribution is 5.75. The van der Waals surface area contributed by atoms with E-state index in [4.69, 9.17) is 0 Å². The predicted molar refractivity (Wildman–Crippen MR) is 87.2 cm³/mol. The Balaban J connectivity index is 3.12. The largest absolute Gasteiger partial charge is 0.381 e. The summed E-state index contributed by atoms with van der Waals surface area (Å²) >= 11 is 0. The molecule has 122 valence electrons. The number of aliphatic imine (C=N–C) groups is 1. The van der Waals surface area contributed by atoms with Crippen LogP contribution in [-0.2, 0) is 18.4 Å². The van der Waals surface area contributed by atoms with E-state index < -0.39 is 11.2 Å². The van der Waals surface area contributed by atoms with Gasteiger partial charge in [-0.15, -0.1) is 0 Å². The maximum absolute atomic E-state index is 12.4. The number of nitrogens with zero attached hydrogens (tertiary/aromatic N) is 3. The second kappa shape index (κ2) is 8.16. The van der Waals surface area contributed by atoms with Gasteiger partial charge in [0, 0.05) is 39.8 Å². The van der Waals surface area contributed by atoms with Crippen LogP contribution in [0.15, 0.2) is 14.6 Å². The number of amides is 1. The third kappa shape index (κ3) is 3.84. The molecule has 8 heteroatoms. The zero-order valence-corrected chi connectivity index (χ0v) is 13.5. The second-order valence-corrected chi connectivity index (χ2v) is 4.73. The van der Waals surface area contributed by atoms with Crippen molar-refractivity contribution in [3.8, 4) is 0 Å². The van der Waals surface area contributed by atoms with Gasteiger partial charge in [-0.1, -0.05) is 6.92 Å². The molecule has 0 spiro atoms. The molecule has 1 aromatic heterocycles. The lowest BCUT2D eigenvalue weighted by Gasteiger charge is -2.13. The van der Waals surface area contributed by atoms with Crippen molar-refractivity contribution in [3.63, 3.8) is 0 Å². The van der Waals surface area contributed by atoms with Crippen molar-refractivity contribution in [1.82, 2.24) is 14.5 Å². The number of aromatic nitrogens is 2. The molecule has 0 aromatic carbocycles. The van der Waals surface area contributed by atoms with E-state index in [0.29, 0.717) is 6.42 Å². The number of hydrogen-bond donors (Lipinski definition) is 2. The molecule has 0 saturated carbocycles. The summed E-state index contributed by atoms with van der Waals surface area (Å²) in [5.41, 5.74) is -0.662. The number of nitrogens with one attached hydrogen (secondary N) is 2. The highest BCUT2D eigenvalue weighted by atomic mass is 16.2. The highest BCUT2D eigenvalue weighted by Crippen LogP contribution is 2.16. The smallest absolute Gasteiger partial charge is 0.332 e. The Bertz CT molecular complexity index is 672. The zero-order valence-electron chi connectivity index (χ0n) is 13.5. The average molecular weight is 309 g/mol. The first-order valence-corrected chi connectivity index (χ1v) is 7.24. The summed E-state index contributed by atoms with van der Waals surface area (Å²) in [5.74, 6) is 0.194. The Morgan fingerprint density at radius 2 is 2.05 bits per heavy atom. The van der Waals surface area contributed by atoms with Gasteiger partial charge in [0.15, 0.2) is 5.82 Å². The van der Waals surface area contributed by atoms with Crippen molar-refractivity contribution in [2.75, 3.05) is 18.9 Å². The van der Waals surface area contributed by atoms with Gasteiger partial charge in [0.2, 0.25) is 5.91 Å². The SMILES string of the molecule is CC=Nc1c(NC)c(=O)n(CCNC(=O)CCC)c(=O)n1C. The van der Waals surface area contributed by atoms with Crippen LogP contribution in [0.2, 0.25) is 0 Å². The lowest BCUT2D eigenvalue weighted by molar-refractivity contribution is -0.121. The van der Waals surface area contributed by atoms with Crippen molar-refractivity contribution >= 4 is 23.6 Å². The fourth-order valence-electron chi connectivity index (χ4n) is 2.07. The minimum atomic E-state index is -0.464. The van der Waals surface area contributed by atoms with Crippen LogP contribution >= 0.6 is 0 Å². The van der Waals surface area contributed by atoms with Crippen molar-refractivity contribution < 1.29 is 4.79 Å². The molecular weight excluding hydrogens is 286 g/mol. The summed E-state index contributed by atoms with van der Waals surface area (Å²) in [6.45, 7) is 3.96. The van der Waals surface area contributed by atoms with Gasteiger partial charge in [-0.05, 0) is 13.3 Å². The number of carbonyl (C=O) groups excluding carboxylic acids is 1. The van der Waals surface area contributed by atoms with Crippen molar-refractivity contribution in [2.24, 2.45) is 12.0 Å². The molecule has 8 nitrogen and oxygen atoms in total. The van der Waals surface area contributed by atoms with E-state index in [1.165, 1.54) is 10.8 Å². The maximum Gasteiger partial charge on any atom is 0.332 e.